The molecule has 14 rings (SSSR count). The van der Waals surface area contributed by atoms with E-state index < -0.39 is 11.9 Å². The zero-order chi connectivity index (χ0) is 65.2. The molecule has 21 nitrogen and oxygen atoms in total. The van der Waals surface area contributed by atoms with E-state index in [0.29, 0.717) is 84.3 Å². The van der Waals surface area contributed by atoms with Gasteiger partial charge in [0, 0.05) is 106 Å². The van der Waals surface area contributed by atoms with Crippen molar-refractivity contribution in [3.8, 4) is 45.8 Å². The number of hydrogen-bond acceptors (Lipinski definition) is 18. The van der Waals surface area contributed by atoms with Gasteiger partial charge >= 0.3 is 24.0 Å². The Morgan fingerprint density at radius 2 is 1.05 bits per heavy atom. The molecule has 0 spiro atoms. The molecule has 1 amide bonds. The lowest BCUT2D eigenvalue weighted by Crippen LogP contribution is -2.53. The number of rotatable bonds is 17. The molecule has 0 unspecified atom stereocenters. The van der Waals surface area contributed by atoms with E-state index in [2.05, 4.69) is 124 Å². The standard InChI is InChI=1S/C33H38ClN7O3.C31H37ClN6O2.C6H6O3/c1-5-27(42)40-13-14-41(20(3)17-40)32-23-15-25(34)29(28-19(2)8-11-26-24(28)16-35-38-26)31(44-22-9-10-22)30(23)36-33(37-32)43-18-21-7-6-12-39(21)4;1-18-9-12-25-23(16-33-36-25)26(18)27-24(32)15-22-28(29(27)40-21-10-11-21)34-31(39-17-20-8-6-13-37(20)3)35-30(22)38-14-5-4-7-19(38)2;1-3-5(7)9-6(8)4-2/h5,8,11,15-16,20-22H,1,6-7,9-10,12-14,17-18H2,2-4H3,(H,35,38);9,12,15-16,19-21H,4-8,10-11,13-14,17H2,1-3H3,(H,33,36);3-4H,1-2H2/t20-,21+;19-,20+;/m11./s1. The van der Waals surface area contributed by atoms with Crippen LogP contribution in [0.25, 0.3) is 65.9 Å². The smallest absolute Gasteiger partial charge is 0.338 e. The van der Waals surface area contributed by atoms with Gasteiger partial charge in [-0.1, -0.05) is 55.1 Å². The molecule has 8 aromatic rings. The van der Waals surface area contributed by atoms with Gasteiger partial charge in [0.2, 0.25) is 5.91 Å². The number of carbonyl (C=O) groups excluding carboxylic acids is 3. The molecule has 6 aliphatic rings. The number of ether oxygens (including phenoxy) is 5. The zero-order valence-corrected chi connectivity index (χ0v) is 55.3. The Bertz CT molecular complexity index is 4150. The average Bonchev–Trinajstić information content (AvgIpc) is 1.44. The average molecular weight is 1300 g/mol. The van der Waals surface area contributed by atoms with Crippen molar-refractivity contribution in [2.24, 2.45) is 0 Å². The molecule has 4 aromatic heterocycles. The minimum absolute atomic E-state index is 0.00672. The third kappa shape index (κ3) is 14.0. The molecule has 0 bridgehead atoms. The van der Waals surface area contributed by atoms with Crippen molar-refractivity contribution >= 4 is 96.3 Å². The van der Waals surface area contributed by atoms with Gasteiger partial charge in [-0.2, -0.15) is 30.1 Å². The summed E-state index contributed by atoms with van der Waals surface area (Å²) in [4.78, 5) is 64.1. The van der Waals surface area contributed by atoms with Crippen molar-refractivity contribution in [1.29, 1.82) is 0 Å². The van der Waals surface area contributed by atoms with Gasteiger partial charge in [-0.3, -0.25) is 15.0 Å². The second-order valence-electron chi connectivity index (χ2n) is 25.3. The van der Waals surface area contributed by atoms with Crippen LogP contribution in [0.5, 0.6) is 23.5 Å². The maximum absolute atomic E-state index is 12.4. The van der Waals surface area contributed by atoms with Crippen LogP contribution in [0.2, 0.25) is 10.0 Å². The Kier molecular flexibility index (Phi) is 19.5. The number of H-pyrrole nitrogens is 2. The van der Waals surface area contributed by atoms with Crippen LogP contribution in [0.1, 0.15) is 95.6 Å². The largest absolute Gasteiger partial charge is 0.487 e. The first-order valence-electron chi connectivity index (χ1n) is 32.4. The summed E-state index contributed by atoms with van der Waals surface area (Å²) in [6.07, 6.45) is 19.2. The molecule has 4 saturated heterocycles. The molecule has 488 valence electrons. The fourth-order valence-corrected chi connectivity index (χ4v) is 13.7. The maximum Gasteiger partial charge on any atom is 0.338 e. The quantitative estimate of drug-likeness (QED) is 0.0491. The summed E-state index contributed by atoms with van der Waals surface area (Å²) in [7, 11) is 4.30. The predicted molar refractivity (Wildman–Crippen MR) is 364 cm³/mol. The first-order valence-corrected chi connectivity index (χ1v) is 33.1. The number of piperazine rings is 1. The summed E-state index contributed by atoms with van der Waals surface area (Å²) < 4.78 is 30.2. The second-order valence-corrected chi connectivity index (χ2v) is 26.1. The van der Waals surface area contributed by atoms with E-state index in [0.717, 1.165) is 178 Å². The lowest BCUT2D eigenvalue weighted by Gasteiger charge is -2.40. The molecule has 4 aliphatic heterocycles. The number of nitrogens with one attached hydrogen (secondary N) is 2. The highest BCUT2D eigenvalue weighted by atomic mass is 35.5. The van der Waals surface area contributed by atoms with Crippen LogP contribution < -0.4 is 28.7 Å². The molecule has 93 heavy (non-hydrogen) atoms. The van der Waals surface area contributed by atoms with Gasteiger partial charge in [0.1, 0.15) is 35.9 Å². The molecule has 2 saturated carbocycles. The number of likely N-dealkylation sites (N-methyl/N-ethyl adjacent to an activating group) is 2. The van der Waals surface area contributed by atoms with Gasteiger partial charge in [-0.05, 0) is 167 Å². The predicted octanol–water partition coefficient (Wildman–Crippen LogP) is 12.3. The summed E-state index contributed by atoms with van der Waals surface area (Å²) in [5.41, 5.74) is 9.16. The number of piperidine rings is 1. The summed E-state index contributed by atoms with van der Waals surface area (Å²) in [6.45, 7) is 24.3. The second kappa shape index (κ2) is 28.1. The van der Waals surface area contributed by atoms with Crippen molar-refractivity contribution in [2.75, 3.05) is 76.4 Å². The minimum Gasteiger partial charge on any atom is -0.487 e. The van der Waals surface area contributed by atoms with Gasteiger partial charge in [0.15, 0.2) is 11.5 Å². The molecule has 2 N–H and O–H groups in total. The van der Waals surface area contributed by atoms with Gasteiger partial charge in [-0.25, -0.2) is 9.59 Å². The number of aryl methyl sites for hydroxylation is 2. The molecular weight excluding hydrogens is 1220 g/mol. The van der Waals surface area contributed by atoms with Crippen LogP contribution in [0.15, 0.2) is 86.8 Å². The normalized spacial score (nSPS) is 20.1. The molecular formula is C70H81Cl2N13O8. The number of halogens is 2. The number of carbonyl (C=O) groups is 3. The Balaban J connectivity index is 0.000000159. The molecule has 2 aliphatic carbocycles. The van der Waals surface area contributed by atoms with E-state index in [1.807, 2.05) is 35.5 Å². The lowest BCUT2D eigenvalue weighted by molar-refractivity contribution is -0.152. The Hall–Kier alpha value is -8.37. The van der Waals surface area contributed by atoms with Gasteiger partial charge < -0.3 is 48.2 Å². The number of benzene rings is 4. The summed E-state index contributed by atoms with van der Waals surface area (Å²) in [5.74, 6) is 1.39. The van der Waals surface area contributed by atoms with Gasteiger partial charge in [0.05, 0.1) is 45.7 Å². The number of hydrogen-bond donors (Lipinski definition) is 2. The monoisotopic (exact) mass is 1300 g/mol. The van der Waals surface area contributed by atoms with Crippen molar-refractivity contribution in [3.05, 3.63) is 108 Å². The number of aromatic nitrogens is 8. The van der Waals surface area contributed by atoms with E-state index in [1.54, 1.807) is 0 Å². The minimum atomic E-state index is -0.764. The van der Waals surface area contributed by atoms with Crippen molar-refractivity contribution in [1.82, 2.24) is 55.0 Å². The highest BCUT2D eigenvalue weighted by molar-refractivity contribution is 6.36. The van der Waals surface area contributed by atoms with Crippen LogP contribution in [0.4, 0.5) is 11.6 Å². The molecule has 4 atom stereocenters. The Morgan fingerprint density at radius 1 is 0.570 bits per heavy atom. The third-order valence-corrected chi connectivity index (χ3v) is 19.2. The molecule has 4 aromatic carbocycles. The number of likely N-dealkylation sites (tertiary alicyclic amines) is 2. The zero-order valence-electron chi connectivity index (χ0n) is 53.8. The number of anilines is 2. The third-order valence-electron chi connectivity index (χ3n) is 18.6. The number of nitrogens with zero attached hydrogens (tertiary/aromatic N) is 11. The van der Waals surface area contributed by atoms with Crippen molar-refractivity contribution < 1.29 is 38.1 Å². The van der Waals surface area contributed by atoms with Gasteiger partial charge in [-0.15, -0.1) is 0 Å². The lowest BCUT2D eigenvalue weighted by atomic mass is 9.94. The topological polar surface area (TPSA) is 222 Å². The fourth-order valence-electron chi connectivity index (χ4n) is 13.1. The Morgan fingerprint density at radius 3 is 1.47 bits per heavy atom. The molecule has 8 heterocycles. The SMILES string of the molecule is C=CC(=O)N1CCN(c2nc(OC[C@@H]3CCCN3C)nc3c(OC4CC4)c(-c4c(C)ccc5[nH]ncc45)c(Cl)cc23)[C@H](C)C1.C=CC(=O)OC(=O)C=C.Cc1ccc2[nH]ncc2c1-c1c(Cl)cc2c(N3CCCC[C@H]3C)nc(OC[C@@H]3CCCN3C)nc2c1OC1CC1. The summed E-state index contributed by atoms with van der Waals surface area (Å²) >= 11 is 14.4. The summed E-state index contributed by atoms with van der Waals surface area (Å²) in [5, 5.41) is 19.7. The molecule has 6 fully saturated rings. The molecule has 0 radical (unpaired) electrons. The fraction of sp³-hybridized carbons (Fsp3) is 0.443. The van der Waals surface area contributed by atoms with Crippen molar-refractivity contribution in [3.63, 3.8) is 0 Å². The Labute approximate surface area is 551 Å². The first kappa shape index (κ1) is 64.7. The highest BCUT2D eigenvalue weighted by Crippen LogP contribution is 2.51. The highest BCUT2D eigenvalue weighted by Gasteiger charge is 2.36. The molecule has 23 heteroatoms. The van der Waals surface area contributed by atoms with Crippen LogP contribution >= 0.6 is 23.2 Å². The van der Waals surface area contributed by atoms with E-state index in [1.165, 1.54) is 18.9 Å². The van der Waals surface area contributed by atoms with E-state index in [9.17, 15) is 14.4 Å². The van der Waals surface area contributed by atoms with E-state index >= 15 is 0 Å². The number of esters is 2. The number of amides is 1. The summed E-state index contributed by atoms with van der Waals surface area (Å²) in [6, 6.07) is 14.0. The van der Waals surface area contributed by atoms with Crippen LogP contribution in [-0.4, -0.2) is 176 Å². The van der Waals surface area contributed by atoms with Crippen LogP contribution in [0.3, 0.4) is 0 Å². The van der Waals surface area contributed by atoms with Crippen LogP contribution in [0, 0.1) is 13.8 Å². The van der Waals surface area contributed by atoms with Gasteiger partial charge in [0.25, 0.3) is 0 Å². The number of fused-ring (bicyclic) bond motifs is 4. The first-order chi connectivity index (χ1) is 45.0. The van der Waals surface area contributed by atoms with E-state index in [-0.39, 0.29) is 24.2 Å². The maximum atomic E-state index is 12.4. The van der Waals surface area contributed by atoms with E-state index in [4.69, 9.17) is 62.1 Å². The van der Waals surface area contributed by atoms with Crippen LogP contribution in [-0.2, 0) is 19.1 Å². The van der Waals surface area contributed by atoms with Crippen molar-refractivity contribution in [2.45, 2.75) is 135 Å². The number of aromatic amines is 2.